The molecule has 3 rings (SSSR count). The Hall–Kier alpha value is -2.83. The summed E-state index contributed by atoms with van der Waals surface area (Å²) in [5, 5.41) is 11.2. The molecule has 0 spiro atoms. The molecule has 7 heteroatoms. The summed E-state index contributed by atoms with van der Waals surface area (Å²) in [6, 6.07) is 6.23. The minimum atomic E-state index is -0.583. The van der Waals surface area contributed by atoms with Gasteiger partial charge in [0.1, 0.15) is 17.5 Å². The molecule has 2 aromatic heterocycles. The fourth-order valence-corrected chi connectivity index (χ4v) is 1.89. The van der Waals surface area contributed by atoms with Crippen molar-refractivity contribution in [3.05, 3.63) is 58.9 Å². The Balaban J connectivity index is 2.24. The Morgan fingerprint density at radius 1 is 1.26 bits per heavy atom. The molecule has 0 aliphatic heterocycles. The van der Waals surface area contributed by atoms with E-state index in [2.05, 4.69) is 9.97 Å². The average molecular weight is 258 g/mol. The zero-order chi connectivity index (χ0) is 13.4. The first-order valence-electron chi connectivity index (χ1n) is 5.39. The fourth-order valence-electron chi connectivity index (χ4n) is 1.89. The maximum absolute atomic E-state index is 13.6. The van der Waals surface area contributed by atoms with Crippen molar-refractivity contribution in [2.24, 2.45) is 0 Å². The molecule has 0 N–H and O–H groups in total. The van der Waals surface area contributed by atoms with Gasteiger partial charge in [0.05, 0.1) is 5.69 Å². The summed E-state index contributed by atoms with van der Waals surface area (Å²) in [4.78, 5) is 17.7. The summed E-state index contributed by atoms with van der Waals surface area (Å²) in [6.07, 6.45) is 4.05. The van der Waals surface area contributed by atoms with Gasteiger partial charge in [0.25, 0.3) is 0 Å². The van der Waals surface area contributed by atoms with Crippen LogP contribution in [-0.2, 0) is 0 Å². The monoisotopic (exact) mass is 258 g/mol. The third-order valence-corrected chi connectivity index (χ3v) is 2.73. The van der Waals surface area contributed by atoms with Gasteiger partial charge in [-0.2, -0.15) is 0 Å². The summed E-state index contributed by atoms with van der Waals surface area (Å²) in [5.41, 5.74) is 0.807. The average Bonchev–Trinajstić information content (AvgIpc) is 2.88. The van der Waals surface area contributed by atoms with Gasteiger partial charge in [-0.25, -0.2) is 4.39 Å². The number of nitro groups is 1. The van der Waals surface area contributed by atoms with Crippen molar-refractivity contribution in [2.75, 3.05) is 0 Å². The van der Waals surface area contributed by atoms with Crippen LogP contribution in [0.1, 0.15) is 0 Å². The smallest absolute Gasteiger partial charge is 0.358 e. The van der Waals surface area contributed by atoms with Crippen molar-refractivity contribution in [3.63, 3.8) is 0 Å². The predicted molar refractivity (Wildman–Crippen MR) is 65.5 cm³/mol. The lowest BCUT2D eigenvalue weighted by molar-refractivity contribution is -0.389. The number of nitrogens with zero attached hydrogens (tertiary/aromatic N) is 4. The molecule has 2 heterocycles. The topological polar surface area (TPSA) is 73.8 Å². The zero-order valence-corrected chi connectivity index (χ0v) is 9.52. The molecule has 0 aliphatic rings. The van der Waals surface area contributed by atoms with Crippen molar-refractivity contribution in [2.45, 2.75) is 0 Å². The van der Waals surface area contributed by atoms with Crippen molar-refractivity contribution in [3.8, 4) is 5.69 Å². The molecule has 6 nitrogen and oxygen atoms in total. The van der Waals surface area contributed by atoms with Crippen LogP contribution in [0.5, 0.6) is 0 Å². The first-order valence-corrected chi connectivity index (χ1v) is 5.39. The van der Waals surface area contributed by atoms with Gasteiger partial charge in [0.2, 0.25) is 6.33 Å². The van der Waals surface area contributed by atoms with Gasteiger partial charge in [0.15, 0.2) is 0 Å². The lowest BCUT2D eigenvalue weighted by Gasteiger charge is -2.05. The molecule has 0 radical (unpaired) electrons. The molecule has 0 fully saturated rings. The normalized spacial score (nSPS) is 10.8. The van der Waals surface area contributed by atoms with Crippen molar-refractivity contribution in [1.29, 1.82) is 0 Å². The van der Waals surface area contributed by atoms with E-state index in [4.69, 9.17) is 0 Å². The number of imidazole rings is 1. The molecule has 0 saturated carbocycles. The number of rotatable bonds is 2. The van der Waals surface area contributed by atoms with Gasteiger partial charge in [-0.15, -0.1) is 0 Å². The Morgan fingerprint density at radius 2 is 2.11 bits per heavy atom. The predicted octanol–water partition coefficient (Wildman–Crippen LogP) is 2.47. The quantitative estimate of drug-likeness (QED) is 0.522. The SMILES string of the molecule is O=[N+]([O-])c1cn(-c2ccnc3c(F)cccc23)cn1. The first-order chi connectivity index (χ1) is 9.16. The van der Waals surface area contributed by atoms with Crippen LogP contribution in [0.2, 0.25) is 0 Å². The second-order valence-electron chi connectivity index (χ2n) is 3.86. The highest BCUT2D eigenvalue weighted by atomic mass is 19.1. The molecule has 0 unspecified atom stereocenters. The third kappa shape index (κ3) is 1.81. The van der Waals surface area contributed by atoms with E-state index in [1.54, 1.807) is 18.2 Å². The standard InChI is InChI=1S/C12H7FN4O2/c13-9-3-1-2-8-10(4-5-14-12(8)9)16-6-11(15-7-16)17(18)19/h1-7H. The molecule has 19 heavy (non-hydrogen) atoms. The summed E-state index contributed by atoms with van der Waals surface area (Å²) in [7, 11) is 0. The fraction of sp³-hybridized carbons (Fsp3) is 0. The molecule has 1 aromatic carbocycles. The van der Waals surface area contributed by atoms with Crippen molar-refractivity contribution < 1.29 is 9.31 Å². The van der Waals surface area contributed by atoms with E-state index in [-0.39, 0.29) is 11.3 Å². The molecule has 0 amide bonds. The maximum atomic E-state index is 13.6. The van der Waals surface area contributed by atoms with Crippen LogP contribution < -0.4 is 0 Å². The van der Waals surface area contributed by atoms with Crippen LogP contribution in [-0.4, -0.2) is 19.5 Å². The van der Waals surface area contributed by atoms with Crippen LogP contribution in [0.3, 0.4) is 0 Å². The van der Waals surface area contributed by atoms with Gasteiger partial charge in [0, 0.05) is 11.6 Å². The number of fused-ring (bicyclic) bond motifs is 1. The number of hydrogen-bond donors (Lipinski definition) is 0. The number of benzene rings is 1. The molecule has 0 bridgehead atoms. The van der Waals surface area contributed by atoms with E-state index in [9.17, 15) is 14.5 Å². The summed E-state index contributed by atoms with van der Waals surface area (Å²) >= 11 is 0. The summed E-state index contributed by atoms with van der Waals surface area (Å²) in [5.74, 6) is -0.699. The second kappa shape index (κ2) is 4.13. The lowest BCUT2D eigenvalue weighted by Crippen LogP contribution is -1.94. The van der Waals surface area contributed by atoms with Crippen LogP contribution in [0.4, 0.5) is 10.2 Å². The minimum absolute atomic E-state index is 0.219. The van der Waals surface area contributed by atoms with Crippen LogP contribution in [0.15, 0.2) is 43.0 Å². The number of aromatic nitrogens is 3. The van der Waals surface area contributed by atoms with Crippen molar-refractivity contribution >= 4 is 16.7 Å². The summed E-state index contributed by atoms with van der Waals surface area (Å²) in [6.45, 7) is 0. The Kier molecular flexibility index (Phi) is 2.45. The Labute approximate surface area is 106 Å². The van der Waals surface area contributed by atoms with Gasteiger partial charge in [-0.3, -0.25) is 9.55 Å². The molecular formula is C12H7FN4O2. The number of hydrogen-bond acceptors (Lipinski definition) is 4. The Morgan fingerprint density at radius 3 is 2.84 bits per heavy atom. The maximum Gasteiger partial charge on any atom is 0.381 e. The number of halogens is 1. The van der Waals surface area contributed by atoms with Gasteiger partial charge >= 0.3 is 5.82 Å². The van der Waals surface area contributed by atoms with E-state index in [1.165, 1.54) is 29.4 Å². The molecular weight excluding hydrogens is 251 g/mol. The highest BCUT2D eigenvalue weighted by Gasteiger charge is 2.13. The molecule has 94 valence electrons. The van der Waals surface area contributed by atoms with Crippen LogP contribution in [0.25, 0.3) is 16.6 Å². The van der Waals surface area contributed by atoms with E-state index in [1.807, 2.05) is 0 Å². The molecule has 0 saturated heterocycles. The second-order valence-corrected chi connectivity index (χ2v) is 3.86. The van der Waals surface area contributed by atoms with E-state index >= 15 is 0 Å². The summed E-state index contributed by atoms with van der Waals surface area (Å²) < 4.78 is 15.1. The Bertz CT molecular complexity index is 784. The highest BCUT2D eigenvalue weighted by molar-refractivity contribution is 5.87. The van der Waals surface area contributed by atoms with Gasteiger partial charge < -0.3 is 10.1 Å². The first kappa shape index (κ1) is 11.3. The van der Waals surface area contributed by atoms with Gasteiger partial charge in [-0.05, 0) is 22.0 Å². The molecule has 3 aromatic rings. The van der Waals surface area contributed by atoms with E-state index in [0.717, 1.165) is 0 Å². The van der Waals surface area contributed by atoms with Crippen LogP contribution >= 0.6 is 0 Å². The number of para-hydroxylation sites is 1. The molecule has 0 atom stereocenters. The zero-order valence-electron chi connectivity index (χ0n) is 9.52. The molecule has 0 aliphatic carbocycles. The van der Waals surface area contributed by atoms with Crippen LogP contribution in [0, 0.1) is 15.9 Å². The highest BCUT2D eigenvalue weighted by Crippen LogP contribution is 2.23. The van der Waals surface area contributed by atoms with E-state index < -0.39 is 10.7 Å². The number of pyridine rings is 1. The largest absolute Gasteiger partial charge is 0.381 e. The van der Waals surface area contributed by atoms with E-state index in [0.29, 0.717) is 11.1 Å². The third-order valence-electron chi connectivity index (χ3n) is 2.73. The minimum Gasteiger partial charge on any atom is -0.358 e. The van der Waals surface area contributed by atoms with Crippen molar-refractivity contribution in [1.82, 2.24) is 14.5 Å². The lowest BCUT2D eigenvalue weighted by atomic mass is 10.2. The van der Waals surface area contributed by atoms with Gasteiger partial charge in [-0.1, -0.05) is 12.1 Å².